The van der Waals surface area contributed by atoms with Gasteiger partial charge in [0.25, 0.3) is 5.91 Å². The largest absolute Gasteiger partial charge is 0.392 e. The minimum atomic E-state index is -0.159. The van der Waals surface area contributed by atoms with E-state index >= 15 is 0 Å². The molecule has 0 heterocycles. The van der Waals surface area contributed by atoms with Crippen molar-refractivity contribution in [2.24, 2.45) is 16.0 Å². The second-order valence-electron chi connectivity index (χ2n) is 4.62. The van der Waals surface area contributed by atoms with Crippen LogP contribution in [0.4, 0.5) is 11.4 Å². The highest BCUT2D eigenvalue weighted by atomic mass is 16.3. The first-order valence-corrected chi connectivity index (χ1v) is 6.93. The number of hydrogen-bond donors (Lipinski definition) is 3. The average Bonchev–Trinajstić information content (AvgIpc) is 2.58. The van der Waals surface area contributed by atoms with Crippen molar-refractivity contribution < 1.29 is 9.90 Å². The van der Waals surface area contributed by atoms with E-state index in [0.717, 1.165) is 5.56 Å². The monoisotopic (exact) mass is 298 g/mol. The van der Waals surface area contributed by atoms with E-state index < -0.39 is 0 Å². The summed E-state index contributed by atoms with van der Waals surface area (Å²) in [5.74, 6) is -0.159. The normalized spacial score (nSPS) is 10.8. The molecular weight excluding hydrogens is 280 g/mol. The van der Waals surface area contributed by atoms with E-state index in [-0.39, 0.29) is 12.5 Å². The molecule has 0 spiro atoms. The van der Waals surface area contributed by atoms with E-state index in [0.29, 0.717) is 30.0 Å². The molecule has 2 aromatic rings. The summed E-state index contributed by atoms with van der Waals surface area (Å²) >= 11 is 0. The number of amides is 1. The SMILES string of the molecule is NCCNC(=O)c1ccc(N=Nc2ccc(CO)cc2)cc1. The van der Waals surface area contributed by atoms with Crippen LogP contribution in [0.2, 0.25) is 0 Å². The van der Waals surface area contributed by atoms with Crippen LogP contribution in [0.1, 0.15) is 15.9 Å². The van der Waals surface area contributed by atoms with Gasteiger partial charge in [-0.3, -0.25) is 4.79 Å². The van der Waals surface area contributed by atoms with Crippen LogP contribution in [0.25, 0.3) is 0 Å². The minimum Gasteiger partial charge on any atom is -0.392 e. The van der Waals surface area contributed by atoms with Crippen molar-refractivity contribution in [1.82, 2.24) is 5.32 Å². The zero-order valence-electron chi connectivity index (χ0n) is 12.1. The van der Waals surface area contributed by atoms with Crippen molar-refractivity contribution in [1.29, 1.82) is 0 Å². The average molecular weight is 298 g/mol. The lowest BCUT2D eigenvalue weighted by molar-refractivity contribution is 0.0955. The van der Waals surface area contributed by atoms with Crippen molar-refractivity contribution >= 4 is 17.3 Å². The maximum absolute atomic E-state index is 11.7. The Morgan fingerprint density at radius 2 is 1.55 bits per heavy atom. The van der Waals surface area contributed by atoms with Gasteiger partial charge in [-0.2, -0.15) is 10.2 Å². The van der Waals surface area contributed by atoms with Gasteiger partial charge in [-0.05, 0) is 42.0 Å². The van der Waals surface area contributed by atoms with Crippen molar-refractivity contribution in [3.63, 3.8) is 0 Å². The van der Waals surface area contributed by atoms with Crippen LogP contribution in [0.15, 0.2) is 58.8 Å². The summed E-state index contributed by atoms with van der Waals surface area (Å²) < 4.78 is 0. The number of benzene rings is 2. The number of azo groups is 1. The molecule has 0 saturated carbocycles. The van der Waals surface area contributed by atoms with Gasteiger partial charge >= 0.3 is 0 Å². The molecule has 0 bridgehead atoms. The van der Waals surface area contributed by atoms with E-state index in [2.05, 4.69) is 15.5 Å². The highest BCUT2D eigenvalue weighted by Gasteiger charge is 2.03. The number of nitrogens with zero attached hydrogens (tertiary/aromatic N) is 2. The quantitative estimate of drug-likeness (QED) is 0.713. The summed E-state index contributed by atoms with van der Waals surface area (Å²) in [6.07, 6.45) is 0. The number of aliphatic hydroxyl groups excluding tert-OH is 1. The molecule has 0 aliphatic carbocycles. The second-order valence-corrected chi connectivity index (χ2v) is 4.62. The van der Waals surface area contributed by atoms with E-state index in [9.17, 15) is 4.79 Å². The van der Waals surface area contributed by atoms with E-state index in [1.807, 2.05) is 0 Å². The van der Waals surface area contributed by atoms with Gasteiger partial charge in [0.15, 0.2) is 0 Å². The summed E-state index contributed by atoms with van der Waals surface area (Å²) in [7, 11) is 0. The highest BCUT2D eigenvalue weighted by molar-refractivity contribution is 5.94. The van der Waals surface area contributed by atoms with E-state index in [1.165, 1.54) is 0 Å². The lowest BCUT2D eigenvalue weighted by atomic mass is 10.2. The fraction of sp³-hybridized carbons (Fsp3) is 0.188. The fourth-order valence-corrected chi connectivity index (χ4v) is 1.75. The Labute approximate surface area is 128 Å². The van der Waals surface area contributed by atoms with Gasteiger partial charge in [-0.1, -0.05) is 12.1 Å². The Balaban J connectivity index is 2.00. The topological polar surface area (TPSA) is 100 Å². The molecule has 0 aliphatic heterocycles. The molecule has 1 amide bonds. The van der Waals surface area contributed by atoms with Crippen LogP contribution in [-0.4, -0.2) is 24.1 Å². The van der Waals surface area contributed by atoms with Gasteiger partial charge in [0.2, 0.25) is 0 Å². The maximum Gasteiger partial charge on any atom is 0.251 e. The first-order valence-electron chi connectivity index (χ1n) is 6.93. The predicted octanol–water partition coefficient (Wildman–Crippen LogP) is 2.28. The molecule has 0 fully saturated rings. The minimum absolute atomic E-state index is 0.00506. The molecule has 6 heteroatoms. The van der Waals surface area contributed by atoms with Crippen LogP contribution in [0, 0.1) is 0 Å². The van der Waals surface area contributed by atoms with Crippen LogP contribution in [0.3, 0.4) is 0 Å². The van der Waals surface area contributed by atoms with Crippen molar-refractivity contribution in [2.45, 2.75) is 6.61 Å². The molecule has 0 atom stereocenters. The number of rotatable bonds is 6. The Kier molecular flexibility index (Phi) is 5.76. The van der Waals surface area contributed by atoms with Crippen LogP contribution in [0.5, 0.6) is 0 Å². The first kappa shape index (κ1) is 15.8. The smallest absolute Gasteiger partial charge is 0.251 e. The molecular formula is C16H18N4O2. The number of hydrogen-bond acceptors (Lipinski definition) is 5. The third-order valence-electron chi connectivity index (χ3n) is 2.96. The maximum atomic E-state index is 11.7. The molecule has 22 heavy (non-hydrogen) atoms. The zero-order chi connectivity index (χ0) is 15.8. The number of nitrogens with one attached hydrogen (secondary N) is 1. The zero-order valence-corrected chi connectivity index (χ0v) is 12.1. The number of carbonyl (C=O) groups is 1. The van der Waals surface area contributed by atoms with Crippen molar-refractivity contribution in [2.75, 3.05) is 13.1 Å². The summed E-state index contributed by atoms with van der Waals surface area (Å²) in [6.45, 7) is 0.863. The molecule has 0 saturated heterocycles. The third-order valence-corrected chi connectivity index (χ3v) is 2.96. The van der Waals surface area contributed by atoms with Gasteiger partial charge in [0.1, 0.15) is 0 Å². The molecule has 0 aliphatic rings. The van der Waals surface area contributed by atoms with E-state index in [4.69, 9.17) is 10.8 Å². The molecule has 4 N–H and O–H groups in total. The molecule has 0 radical (unpaired) electrons. The Bertz CT molecular complexity index is 636. The number of aliphatic hydroxyl groups is 1. The van der Waals surface area contributed by atoms with Crippen LogP contribution in [-0.2, 0) is 6.61 Å². The summed E-state index contributed by atoms with van der Waals surface area (Å²) in [5, 5.41) is 19.9. The van der Waals surface area contributed by atoms with Gasteiger partial charge < -0.3 is 16.2 Å². The molecule has 2 rings (SSSR count). The lowest BCUT2D eigenvalue weighted by Crippen LogP contribution is -2.28. The summed E-state index contributed by atoms with van der Waals surface area (Å²) in [4.78, 5) is 11.7. The molecule has 0 unspecified atom stereocenters. The molecule has 2 aromatic carbocycles. The Morgan fingerprint density at radius 3 is 2.05 bits per heavy atom. The van der Waals surface area contributed by atoms with Crippen LogP contribution < -0.4 is 11.1 Å². The number of nitrogens with two attached hydrogens (primary N) is 1. The molecule has 114 valence electrons. The molecule has 6 nitrogen and oxygen atoms in total. The fourth-order valence-electron chi connectivity index (χ4n) is 1.75. The molecule has 0 aromatic heterocycles. The van der Waals surface area contributed by atoms with Crippen molar-refractivity contribution in [3.05, 3.63) is 59.7 Å². The summed E-state index contributed by atoms with van der Waals surface area (Å²) in [5.41, 5.74) is 8.07. The van der Waals surface area contributed by atoms with Gasteiger partial charge in [-0.15, -0.1) is 0 Å². The van der Waals surface area contributed by atoms with Gasteiger partial charge in [0.05, 0.1) is 18.0 Å². The van der Waals surface area contributed by atoms with Crippen molar-refractivity contribution in [3.8, 4) is 0 Å². The highest BCUT2D eigenvalue weighted by Crippen LogP contribution is 2.19. The van der Waals surface area contributed by atoms with E-state index in [1.54, 1.807) is 48.5 Å². The predicted molar refractivity (Wildman–Crippen MR) is 84.4 cm³/mol. The Hall–Kier alpha value is -2.57. The lowest BCUT2D eigenvalue weighted by Gasteiger charge is -2.03. The second kappa shape index (κ2) is 8.02. The van der Waals surface area contributed by atoms with Gasteiger partial charge in [-0.25, -0.2) is 0 Å². The first-order chi connectivity index (χ1) is 10.7. The summed E-state index contributed by atoms with van der Waals surface area (Å²) in [6, 6.07) is 14.0. The van der Waals surface area contributed by atoms with Gasteiger partial charge in [0, 0.05) is 18.7 Å². The third kappa shape index (κ3) is 4.47. The van der Waals surface area contributed by atoms with Crippen LogP contribution >= 0.6 is 0 Å². The number of carbonyl (C=O) groups excluding carboxylic acids is 1. The standard InChI is InChI=1S/C16H18N4O2/c17-9-10-18-16(22)13-3-7-15(8-4-13)20-19-14-5-1-12(11-21)2-6-14/h1-8,21H,9-11,17H2,(H,18,22). The Morgan fingerprint density at radius 1 is 1.00 bits per heavy atom.